The Balaban J connectivity index is 0.783. The summed E-state index contributed by atoms with van der Waals surface area (Å²) in [5.41, 5.74) is 2.17. The van der Waals surface area contributed by atoms with Crippen LogP contribution >= 0.6 is 0 Å². The number of aromatic amines is 1. The van der Waals surface area contributed by atoms with Crippen LogP contribution in [-0.4, -0.2) is 94.5 Å². The Morgan fingerprint density at radius 2 is 1.61 bits per heavy atom. The van der Waals surface area contributed by atoms with Crippen molar-refractivity contribution in [1.82, 2.24) is 30.5 Å². The van der Waals surface area contributed by atoms with E-state index in [1.807, 2.05) is 4.90 Å². The van der Waals surface area contributed by atoms with Gasteiger partial charge in [0.05, 0.1) is 24.5 Å². The minimum absolute atomic E-state index is 0.00574. The third-order valence-corrected chi connectivity index (χ3v) is 12.2. The highest BCUT2D eigenvalue weighted by Crippen LogP contribution is 2.37. The maximum atomic E-state index is 15.7. The number of aromatic nitrogens is 3. The number of hydrogen-bond acceptors (Lipinski definition) is 9. The quantitative estimate of drug-likeness (QED) is 0.123. The fourth-order valence-electron chi connectivity index (χ4n) is 9.01. The lowest BCUT2D eigenvalue weighted by Crippen LogP contribution is -2.61. The number of nitrogens with one attached hydrogen (secondary N) is 5. The first-order chi connectivity index (χ1) is 28.5. The third kappa shape index (κ3) is 9.37. The van der Waals surface area contributed by atoms with Crippen molar-refractivity contribution in [2.45, 2.75) is 87.9 Å². The van der Waals surface area contributed by atoms with Crippen LogP contribution in [0.4, 0.5) is 34.9 Å². The van der Waals surface area contributed by atoms with E-state index in [-0.39, 0.29) is 65.2 Å². The van der Waals surface area contributed by atoms with Gasteiger partial charge < -0.3 is 31.2 Å². The minimum Gasteiger partial charge on any atom is -0.380 e. The Hall–Kier alpha value is -5.51. The molecule has 4 aromatic rings. The van der Waals surface area contributed by atoms with Gasteiger partial charge in [0.2, 0.25) is 17.8 Å². The summed E-state index contributed by atoms with van der Waals surface area (Å²) in [6, 6.07) is 13.9. The molecule has 0 radical (unpaired) electrons. The number of hydrogen-bond donors (Lipinski definition) is 5. The Morgan fingerprint density at radius 3 is 2.34 bits per heavy atom. The van der Waals surface area contributed by atoms with Crippen molar-refractivity contribution in [3.63, 3.8) is 0 Å². The maximum absolute atomic E-state index is 15.7. The molecule has 0 bridgehead atoms. The molecule has 3 saturated heterocycles. The Labute approximate surface area is 339 Å². The lowest BCUT2D eigenvalue weighted by atomic mass is 9.85. The summed E-state index contributed by atoms with van der Waals surface area (Å²) in [6.07, 6.45) is 7.73. The van der Waals surface area contributed by atoms with Crippen molar-refractivity contribution >= 4 is 29.1 Å². The highest BCUT2D eigenvalue weighted by molar-refractivity contribution is 5.79. The zero-order valence-electron chi connectivity index (χ0n) is 32.7. The van der Waals surface area contributed by atoms with Crippen molar-refractivity contribution in [3.05, 3.63) is 89.0 Å². The number of carbonyl (C=O) groups is 2. The van der Waals surface area contributed by atoms with Gasteiger partial charge >= 0.3 is 0 Å². The highest BCUT2D eigenvalue weighted by Gasteiger charge is 2.48. The Morgan fingerprint density at radius 1 is 0.814 bits per heavy atom. The zero-order chi connectivity index (χ0) is 41.1. The number of H-pyrrole nitrogens is 1. The number of halogens is 4. The van der Waals surface area contributed by atoms with E-state index >= 15 is 13.2 Å². The molecular weight excluding hydrogens is 767 g/mol. The minimum atomic E-state index is -3.06. The second-order valence-electron chi connectivity index (χ2n) is 16.2. The molecule has 4 fully saturated rings. The summed E-state index contributed by atoms with van der Waals surface area (Å²) in [7, 11) is 0. The predicted octanol–water partition coefficient (Wildman–Crippen LogP) is 5.93. The van der Waals surface area contributed by atoms with Crippen LogP contribution in [0.15, 0.2) is 71.8 Å². The Bertz CT molecular complexity index is 2200. The molecule has 8 rings (SSSR count). The van der Waals surface area contributed by atoms with Gasteiger partial charge in [-0.1, -0.05) is 18.2 Å². The molecule has 1 aliphatic carbocycles. The van der Waals surface area contributed by atoms with Gasteiger partial charge in [-0.05, 0) is 93.3 Å². The standard InChI is InChI=1S/C43H49F4N9O3/c44-34-22-31(51-32-11-13-38(57)49-23-32)10-12-36(34)56-20-16-37(43(46,47)25-56)55-18-14-30(15-19-55)52-40(58)26-6-8-29(9-7-26)53-42-50-24-35(45)39(54-42)28-4-1-3-27(21-28)33-5-2-17-48-41(33)59/h1-5,10,12,17,21-22,24,26,29-30,32,37,51H,6-9,11,13-16,18-20,23,25H2,(H,48,59)(H,49,57)(H,52,58)(H,50,53,54). The van der Waals surface area contributed by atoms with E-state index in [2.05, 4.69) is 36.2 Å². The molecule has 2 amide bonds. The zero-order valence-corrected chi connectivity index (χ0v) is 32.7. The number of nitrogens with zero attached hydrogens (tertiary/aromatic N) is 4. The summed E-state index contributed by atoms with van der Waals surface area (Å²) in [4.78, 5) is 51.6. The molecule has 5 N–H and O–H groups in total. The molecule has 5 heterocycles. The molecule has 312 valence electrons. The summed E-state index contributed by atoms with van der Waals surface area (Å²) in [6.45, 7) is 1.04. The number of piperidine rings is 3. The lowest BCUT2D eigenvalue weighted by Gasteiger charge is -2.46. The first kappa shape index (κ1) is 40.3. The highest BCUT2D eigenvalue weighted by atomic mass is 19.3. The van der Waals surface area contributed by atoms with E-state index in [0.29, 0.717) is 99.9 Å². The molecule has 3 aliphatic heterocycles. The number of amides is 2. The SMILES string of the molecule is O=C1CCC(Nc2ccc(N3CCC(N4CCC(NC(=O)C5CCC(Nc6ncc(F)c(-c7cccc(-c8ccc[nH]c8=O)c7)n6)CC5)CC4)C(F)(F)C3)c(F)c2)CN1. The Kier molecular flexibility index (Phi) is 11.9. The third-order valence-electron chi connectivity index (χ3n) is 12.2. The van der Waals surface area contributed by atoms with Crippen LogP contribution in [0.5, 0.6) is 0 Å². The van der Waals surface area contributed by atoms with E-state index in [0.717, 1.165) is 6.20 Å². The largest absolute Gasteiger partial charge is 0.380 e. The first-order valence-corrected chi connectivity index (χ1v) is 20.6. The number of benzene rings is 2. The average molecular weight is 816 g/mol. The molecule has 16 heteroatoms. The number of likely N-dealkylation sites (tertiary alicyclic amines) is 1. The molecule has 0 spiro atoms. The van der Waals surface area contributed by atoms with E-state index in [1.54, 1.807) is 54.7 Å². The van der Waals surface area contributed by atoms with Gasteiger partial charge in [-0.15, -0.1) is 0 Å². The van der Waals surface area contributed by atoms with Gasteiger partial charge in [-0.3, -0.25) is 19.3 Å². The van der Waals surface area contributed by atoms with Crippen molar-refractivity contribution < 1.29 is 27.2 Å². The molecule has 4 aliphatic rings. The van der Waals surface area contributed by atoms with Gasteiger partial charge in [-0.25, -0.2) is 27.5 Å². The number of pyridine rings is 1. The van der Waals surface area contributed by atoms with E-state index in [4.69, 9.17) is 0 Å². The van der Waals surface area contributed by atoms with Crippen molar-refractivity contribution in [2.75, 3.05) is 48.3 Å². The summed E-state index contributed by atoms with van der Waals surface area (Å²) < 4.78 is 61.6. The van der Waals surface area contributed by atoms with Crippen LogP contribution in [0.2, 0.25) is 0 Å². The van der Waals surface area contributed by atoms with Crippen LogP contribution < -0.4 is 31.7 Å². The van der Waals surface area contributed by atoms with Gasteiger partial charge in [0.1, 0.15) is 11.5 Å². The van der Waals surface area contributed by atoms with Crippen LogP contribution in [0.3, 0.4) is 0 Å². The topological polar surface area (TPSA) is 147 Å². The lowest BCUT2D eigenvalue weighted by molar-refractivity contribution is -0.127. The van der Waals surface area contributed by atoms with Crippen LogP contribution in [0.1, 0.15) is 57.8 Å². The molecule has 2 atom stereocenters. The van der Waals surface area contributed by atoms with E-state index < -0.39 is 30.1 Å². The molecule has 59 heavy (non-hydrogen) atoms. The van der Waals surface area contributed by atoms with Crippen LogP contribution in [0.25, 0.3) is 22.4 Å². The predicted molar refractivity (Wildman–Crippen MR) is 217 cm³/mol. The van der Waals surface area contributed by atoms with Crippen LogP contribution in [0, 0.1) is 17.6 Å². The number of rotatable bonds is 10. The molecule has 2 aromatic carbocycles. The van der Waals surface area contributed by atoms with Gasteiger partial charge in [0.15, 0.2) is 5.82 Å². The van der Waals surface area contributed by atoms with E-state index in [9.17, 15) is 18.8 Å². The normalized spacial score (nSPS) is 23.9. The smallest absolute Gasteiger partial charge is 0.280 e. The fraction of sp³-hybridized carbons (Fsp3) is 0.465. The number of anilines is 3. The molecule has 12 nitrogen and oxygen atoms in total. The van der Waals surface area contributed by atoms with E-state index in [1.165, 1.54) is 11.0 Å². The molecule has 2 unspecified atom stereocenters. The summed E-state index contributed by atoms with van der Waals surface area (Å²) >= 11 is 0. The number of carbonyl (C=O) groups excluding carboxylic acids is 2. The van der Waals surface area contributed by atoms with Gasteiger partial charge in [0, 0.05) is 79.7 Å². The average Bonchev–Trinajstić information content (AvgIpc) is 3.23. The summed E-state index contributed by atoms with van der Waals surface area (Å²) in [5.74, 6) is -4.13. The maximum Gasteiger partial charge on any atom is 0.280 e. The summed E-state index contributed by atoms with van der Waals surface area (Å²) in [5, 5.41) is 12.5. The van der Waals surface area contributed by atoms with Gasteiger partial charge in [0.25, 0.3) is 11.5 Å². The monoisotopic (exact) mass is 815 g/mol. The molecular formula is C43H49F4N9O3. The van der Waals surface area contributed by atoms with Crippen molar-refractivity contribution in [3.8, 4) is 22.4 Å². The van der Waals surface area contributed by atoms with Crippen molar-refractivity contribution in [1.29, 1.82) is 0 Å². The number of alkyl halides is 2. The molecule has 1 saturated carbocycles. The van der Waals surface area contributed by atoms with Crippen LogP contribution in [-0.2, 0) is 9.59 Å². The second-order valence-corrected chi connectivity index (χ2v) is 16.2. The van der Waals surface area contributed by atoms with Crippen molar-refractivity contribution in [2.24, 2.45) is 5.92 Å². The first-order valence-electron chi connectivity index (χ1n) is 20.6. The molecule has 2 aromatic heterocycles. The second kappa shape index (κ2) is 17.4. The fourth-order valence-corrected chi connectivity index (χ4v) is 9.01. The van der Waals surface area contributed by atoms with Gasteiger partial charge in [-0.2, -0.15) is 0 Å².